The largest absolute Gasteiger partial charge is 0.486 e. The molecule has 0 spiro atoms. The fourth-order valence-corrected chi connectivity index (χ4v) is 3.24. The molecule has 3 rings (SSSR count). The van der Waals surface area contributed by atoms with Crippen molar-refractivity contribution in [2.45, 2.75) is 51.9 Å². The Balaban J connectivity index is 1.56. The number of aromatic nitrogens is 1. The van der Waals surface area contributed by atoms with E-state index in [1.54, 1.807) is 23.5 Å². The minimum Gasteiger partial charge on any atom is -0.486 e. The molecule has 134 valence electrons. The Morgan fingerprint density at radius 3 is 2.76 bits per heavy atom. The van der Waals surface area contributed by atoms with E-state index in [9.17, 15) is 4.79 Å². The highest BCUT2D eigenvalue weighted by Gasteiger charge is 2.33. The first-order chi connectivity index (χ1) is 12.0. The number of amides is 2. The monoisotopic (exact) mass is 379 g/mol. The molecule has 1 N–H and O–H groups in total. The second-order valence-corrected chi connectivity index (χ2v) is 7.82. The summed E-state index contributed by atoms with van der Waals surface area (Å²) >= 11 is 7.42. The van der Waals surface area contributed by atoms with Crippen molar-refractivity contribution in [2.75, 3.05) is 0 Å². The number of nitrogens with zero attached hydrogens (tertiary/aromatic N) is 2. The molecule has 1 heterocycles. The summed E-state index contributed by atoms with van der Waals surface area (Å²) in [5.41, 5.74) is 0.908. The standard InChI is InChI=1S/C18H22ClN3O2S/c1-12(2)20-18(23)22(15-5-6-15)9-14-11-25-17(21-14)10-24-16-7-3-13(19)4-8-16/h3-4,7-8,11-12,15H,5-6,9-10H2,1-2H3,(H,20,23). The average Bonchev–Trinajstić information content (AvgIpc) is 3.31. The van der Waals surface area contributed by atoms with Crippen LogP contribution in [-0.4, -0.2) is 28.0 Å². The van der Waals surface area contributed by atoms with Gasteiger partial charge in [0.1, 0.15) is 17.4 Å². The minimum absolute atomic E-state index is 0.00976. The van der Waals surface area contributed by atoms with Gasteiger partial charge in [-0.15, -0.1) is 11.3 Å². The molecule has 1 aliphatic rings. The molecule has 1 fully saturated rings. The summed E-state index contributed by atoms with van der Waals surface area (Å²) in [6, 6.07) is 7.73. The van der Waals surface area contributed by atoms with Crippen molar-refractivity contribution in [1.29, 1.82) is 0 Å². The lowest BCUT2D eigenvalue weighted by atomic mass is 10.3. The number of rotatable bonds is 7. The normalized spacial score (nSPS) is 13.8. The van der Waals surface area contributed by atoms with E-state index in [1.165, 1.54) is 0 Å². The van der Waals surface area contributed by atoms with Gasteiger partial charge in [0.2, 0.25) is 0 Å². The van der Waals surface area contributed by atoms with Crippen molar-refractivity contribution < 1.29 is 9.53 Å². The van der Waals surface area contributed by atoms with Crippen molar-refractivity contribution in [1.82, 2.24) is 15.2 Å². The molecule has 1 aromatic heterocycles. The summed E-state index contributed by atoms with van der Waals surface area (Å²) in [6.45, 7) is 4.89. The smallest absolute Gasteiger partial charge is 0.318 e. The highest BCUT2D eigenvalue weighted by atomic mass is 35.5. The van der Waals surface area contributed by atoms with Crippen LogP contribution in [0, 0.1) is 0 Å². The van der Waals surface area contributed by atoms with Crippen molar-refractivity contribution in [3.8, 4) is 5.75 Å². The van der Waals surface area contributed by atoms with Crippen molar-refractivity contribution >= 4 is 29.0 Å². The maximum Gasteiger partial charge on any atom is 0.318 e. The van der Waals surface area contributed by atoms with E-state index in [4.69, 9.17) is 16.3 Å². The Labute approximate surface area is 157 Å². The maximum atomic E-state index is 12.3. The molecule has 1 aliphatic carbocycles. The molecular formula is C18H22ClN3O2S. The zero-order valence-corrected chi connectivity index (χ0v) is 15.9. The number of hydrogen-bond acceptors (Lipinski definition) is 4. The molecule has 0 bridgehead atoms. The van der Waals surface area contributed by atoms with E-state index < -0.39 is 0 Å². The third-order valence-electron chi connectivity index (χ3n) is 3.77. The second-order valence-electron chi connectivity index (χ2n) is 6.44. The fraction of sp³-hybridized carbons (Fsp3) is 0.444. The average molecular weight is 380 g/mol. The fourth-order valence-electron chi connectivity index (χ4n) is 2.42. The molecule has 2 aromatic rings. The lowest BCUT2D eigenvalue weighted by Gasteiger charge is -2.23. The molecule has 1 saturated carbocycles. The van der Waals surface area contributed by atoms with Crippen molar-refractivity contribution in [3.63, 3.8) is 0 Å². The predicted octanol–water partition coefficient (Wildman–Crippen LogP) is 4.46. The number of benzene rings is 1. The molecule has 25 heavy (non-hydrogen) atoms. The molecule has 2 amide bonds. The Morgan fingerprint density at radius 1 is 1.40 bits per heavy atom. The SMILES string of the molecule is CC(C)NC(=O)N(Cc1csc(COc2ccc(Cl)cc2)n1)C1CC1. The van der Waals surface area contributed by atoms with Gasteiger partial charge in [0.15, 0.2) is 0 Å². The quantitative estimate of drug-likeness (QED) is 0.772. The van der Waals surface area contributed by atoms with Crippen LogP contribution in [0.3, 0.4) is 0 Å². The maximum absolute atomic E-state index is 12.3. The van der Waals surface area contributed by atoms with E-state index in [2.05, 4.69) is 10.3 Å². The molecule has 0 aliphatic heterocycles. The number of carbonyl (C=O) groups excluding carboxylic acids is 1. The number of ether oxygens (including phenoxy) is 1. The number of carbonyl (C=O) groups is 1. The first kappa shape index (κ1) is 18.0. The highest BCUT2D eigenvalue weighted by Crippen LogP contribution is 2.29. The van der Waals surface area contributed by atoms with Crippen LogP contribution in [0.4, 0.5) is 4.79 Å². The number of urea groups is 1. The lowest BCUT2D eigenvalue weighted by Crippen LogP contribution is -2.43. The number of halogens is 1. The molecule has 1 aromatic carbocycles. The van der Waals surface area contributed by atoms with E-state index in [1.807, 2.05) is 36.3 Å². The van der Waals surface area contributed by atoms with Crippen LogP contribution in [0.2, 0.25) is 5.02 Å². The van der Waals surface area contributed by atoms with Gasteiger partial charge in [-0.05, 0) is 51.0 Å². The zero-order valence-electron chi connectivity index (χ0n) is 14.4. The van der Waals surface area contributed by atoms with E-state index in [0.29, 0.717) is 24.2 Å². The van der Waals surface area contributed by atoms with Crippen LogP contribution in [0.15, 0.2) is 29.6 Å². The van der Waals surface area contributed by atoms with Crippen LogP contribution in [0.5, 0.6) is 5.75 Å². The molecule has 0 unspecified atom stereocenters. The Hall–Kier alpha value is -1.79. The molecule has 5 nitrogen and oxygen atoms in total. The van der Waals surface area contributed by atoms with Gasteiger partial charge in [-0.25, -0.2) is 9.78 Å². The minimum atomic E-state index is -0.00976. The Kier molecular flexibility index (Phi) is 5.81. The summed E-state index contributed by atoms with van der Waals surface area (Å²) in [7, 11) is 0. The molecule has 0 saturated heterocycles. The summed E-state index contributed by atoms with van der Waals surface area (Å²) in [4.78, 5) is 18.8. The summed E-state index contributed by atoms with van der Waals surface area (Å²) < 4.78 is 5.72. The topological polar surface area (TPSA) is 54.5 Å². The number of hydrogen-bond donors (Lipinski definition) is 1. The van der Waals surface area contributed by atoms with E-state index >= 15 is 0 Å². The third-order valence-corrected chi connectivity index (χ3v) is 4.89. The predicted molar refractivity (Wildman–Crippen MR) is 100 cm³/mol. The van der Waals surface area contributed by atoms with Gasteiger partial charge in [-0.1, -0.05) is 11.6 Å². The van der Waals surface area contributed by atoms with E-state index in [0.717, 1.165) is 29.3 Å². The van der Waals surface area contributed by atoms with E-state index in [-0.39, 0.29) is 12.1 Å². The van der Waals surface area contributed by atoms with Gasteiger partial charge >= 0.3 is 6.03 Å². The Morgan fingerprint density at radius 2 is 2.12 bits per heavy atom. The molecule has 0 radical (unpaired) electrons. The van der Waals surface area contributed by atoms with Crippen molar-refractivity contribution in [3.05, 3.63) is 45.4 Å². The van der Waals surface area contributed by atoms with Gasteiger partial charge in [0.25, 0.3) is 0 Å². The van der Waals surface area contributed by atoms with Gasteiger partial charge in [0.05, 0.1) is 12.2 Å². The summed E-state index contributed by atoms with van der Waals surface area (Å²) in [5, 5.41) is 6.55. The number of nitrogens with one attached hydrogen (secondary N) is 1. The Bertz CT molecular complexity index is 713. The molecule has 0 atom stereocenters. The van der Waals surface area contributed by atoms with Crippen LogP contribution in [-0.2, 0) is 13.2 Å². The van der Waals surface area contributed by atoms with Gasteiger partial charge in [-0.2, -0.15) is 0 Å². The van der Waals surface area contributed by atoms with Gasteiger partial charge in [0, 0.05) is 22.5 Å². The molecular weight excluding hydrogens is 358 g/mol. The summed E-state index contributed by atoms with van der Waals surface area (Å²) in [5.74, 6) is 0.761. The third kappa shape index (κ3) is 5.34. The van der Waals surface area contributed by atoms with Crippen LogP contribution in [0.25, 0.3) is 0 Å². The lowest BCUT2D eigenvalue weighted by molar-refractivity contribution is 0.188. The number of thiazole rings is 1. The first-order valence-electron chi connectivity index (χ1n) is 8.40. The van der Waals surface area contributed by atoms with Gasteiger partial charge < -0.3 is 15.0 Å². The van der Waals surface area contributed by atoms with Crippen LogP contribution in [0.1, 0.15) is 37.4 Å². The van der Waals surface area contributed by atoms with Crippen LogP contribution < -0.4 is 10.1 Å². The second kappa shape index (κ2) is 8.06. The first-order valence-corrected chi connectivity index (χ1v) is 9.66. The molecule has 7 heteroatoms. The summed E-state index contributed by atoms with van der Waals surface area (Å²) in [6.07, 6.45) is 2.14. The van der Waals surface area contributed by atoms with Crippen molar-refractivity contribution in [2.24, 2.45) is 0 Å². The highest BCUT2D eigenvalue weighted by molar-refractivity contribution is 7.09. The van der Waals surface area contributed by atoms with Gasteiger partial charge in [-0.3, -0.25) is 0 Å². The van der Waals surface area contributed by atoms with Crippen LogP contribution >= 0.6 is 22.9 Å². The zero-order chi connectivity index (χ0) is 17.8.